The van der Waals surface area contributed by atoms with E-state index in [1.165, 1.54) is 5.56 Å². The van der Waals surface area contributed by atoms with Gasteiger partial charge in [0.1, 0.15) is 0 Å². The van der Waals surface area contributed by atoms with E-state index in [-0.39, 0.29) is 23.0 Å². The summed E-state index contributed by atoms with van der Waals surface area (Å²) in [4.78, 5) is 41.7. The maximum absolute atomic E-state index is 12.2. The third-order valence-corrected chi connectivity index (χ3v) is 4.50. The van der Waals surface area contributed by atoms with Gasteiger partial charge in [-0.15, -0.1) is 0 Å². The highest BCUT2D eigenvalue weighted by atomic mass is 16.7. The van der Waals surface area contributed by atoms with Crippen molar-refractivity contribution in [3.63, 3.8) is 0 Å². The van der Waals surface area contributed by atoms with E-state index in [1.54, 1.807) is 24.3 Å². The van der Waals surface area contributed by atoms with Crippen LogP contribution in [0.4, 0.5) is 0 Å². The minimum Gasteiger partial charge on any atom is -0.329 e. The molecule has 0 aromatic heterocycles. The maximum Gasteiger partial charge on any atom is 0.336 e. The smallest absolute Gasteiger partial charge is 0.329 e. The second-order valence-corrected chi connectivity index (χ2v) is 6.15. The van der Waals surface area contributed by atoms with Gasteiger partial charge in [-0.25, -0.2) is 4.79 Å². The van der Waals surface area contributed by atoms with Gasteiger partial charge >= 0.3 is 5.97 Å². The fraction of sp³-hybridized carbons (Fsp3) is 0.211. The van der Waals surface area contributed by atoms with Crippen molar-refractivity contribution < 1.29 is 19.2 Å². The molecule has 24 heavy (non-hydrogen) atoms. The summed E-state index contributed by atoms with van der Waals surface area (Å²) in [5.41, 5.74) is 1.71. The van der Waals surface area contributed by atoms with Gasteiger partial charge in [-0.3, -0.25) is 9.59 Å². The molecule has 0 bridgehead atoms. The number of carbonyl (C=O) groups is 3. The number of amides is 2. The Morgan fingerprint density at radius 3 is 2.17 bits per heavy atom. The molecule has 5 nitrogen and oxygen atoms in total. The topological polar surface area (TPSA) is 63.7 Å². The van der Waals surface area contributed by atoms with Crippen molar-refractivity contribution in [2.75, 3.05) is 0 Å². The molecule has 1 aliphatic carbocycles. The van der Waals surface area contributed by atoms with Crippen LogP contribution in [0.15, 0.2) is 54.6 Å². The van der Waals surface area contributed by atoms with Crippen molar-refractivity contribution in [3.8, 4) is 0 Å². The number of fused-ring (bicyclic) bond motifs is 1. The maximum atomic E-state index is 12.2. The number of hydrogen-bond donors (Lipinski definition) is 0. The lowest BCUT2D eigenvalue weighted by Crippen LogP contribution is -2.33. The normalized spacial score (nSPS) is 21.6. The first kappa shape index (κ1) is 14.6. The summed E-state index contributed by atoms with van der Waals surface area (Å²) < 4.78 is 0. The average Bonchev–Trinajstić information content (AvgIpc) is 3.34. The first-order valence-corrected chi connectivity index (χ1v) is 7.88. The Morgan fingerprint density at radius 2 is 1.54 bits per heavy atom. The molecule has 2 aromatic rings. The number of benzene rings is 2. The van der Waals surface area contributed by atoms with Crippen molar-refractivity contribution in [1.82, 2.24) is 5.06 Å². The Balaban J connectivity index is 1.40. The quantitative estimate of drug-likeness (QED) is 0.812. The third kappa shape index (κ3) is 2.48. The molecule has 2 atom stereocenters. The monoisotopic (exact) mass is 321 g/mol. The Hall–Kier alpha value is -2.95. The summed E-state index contributed by atoms with van der Waals surface area (Å²) in [7, 11) is 0. The molecule has 2 aliphatic rings. The molecule has 2 aromatic carbocycles. The van der Waals surface area contributed by atoms with Crippen molar-refractivity contribution in [3.05, 3.63) is 71.3 Å². The van der Waals surface area contributed by atoms with Crippen LogP contribution in [0.3, 0.4) is 0 Å². The van der Waals surface area contributed by atoms with Crippen LogP contribution in [0.5, 0.6) is 0 Å². The molecular formula is C19H15NO4. The second-order valence-electron chi connectivity index (χ2n) is 6.15. The summed E-state index contributed by atoms with van der Waals surface area (Å²) in [6, 6.07) is 16.4. The van der Waals surface area contributed by atoms with Gasteiger partial charge in [0.25, 0.3) is 11.8 Å². The zero-order chi connectivity index (χ0) is 16.7. The lowest BCUT2D eigenvalue weighted by molar-refractivity contribution is -0.170. The summed E-state index contributed by atoms with van der Waals surface area (Å²) in [5, 5.41) is 0.588. The molecule has 2 amide bonds. The van der Waals surface area contributed by atoms with Crippen molar-refractivity contribution in [2.24, 2.45) is 11.8 Å². The Morgan fingerprint density at radius 1 is 0.958 bits per heavy atom. The molecule has 0 spiro atoms. The summed E-state index contributed by atoms with van der Waals surface area (Å²) in [6.07, 6.45) is 1.51. The Kier molecular flexibility index (Phi) is 3.41. The third-order valence-electron chi connectivity index (χ3n) is 4.50. The predicted octanol–water partition coefficient (Wildman–Crippen LogP) is 2.62. The van der Waals surface area contributed by atoms with Gasteiger partial charge in [0.2, 0.25) is 0 Å². The second kappa shape index (κ2) is 5.60. The molecular weight excluding hydrogens is 306 g/mol. The Bertz CT molecular complexity index is 795. The zero-order valence-electron chi connectivity index (χ0n) is 12.8. The van der Waals surface area contributed by atoms with E-state index in [1.807, 2.05) is 30.3 Å². The van der Waals surface area contributed by atoms with E-state index in [9.17, 15) is 14.4 Å². The van der Waals surface area contributed by atoms with Crippen LogP contribution in [-0.4, -0.2) is 22.8 Å². The van der Waals surface area contributed by atoms with Crippen LogP contribution in [0.2, 0.25) is 0 Å². The highest BCUT2D eigenvalue weighted by molar-refractivity contribution is 6.20. The predicted molar refractivity (Wildman–Crippen MR) is 84.8 cm³/mol. The molecule has 4 rings (SSSR count). The SMILES string of the molecule is O=C(ON1C(=O)c2ccccc2C1=O)C1CC1Cc1ccccc1. The van der Waals surface area contributed by atoms with Crippen molar-refractivity contribution in [1.29, 1.82) is 0 Å². The molecule has 0 radical (unpaired) electrons. The van der Waals surface area contributed by atoms with E-state index in [4.69, 9.17) is 4.84 Å². The number of carbonyl (C=O) groups excluding carboxylic acids is 3. The lowest BCUT2D eigenvalue weighted by atomic mass is 10.1. The largest absolute Gasteiger partial charge is 0.336 e. The van der Waals surface area contributed by atoms with E-state index in [0.717, 1.165) is 12.8 Å². The number of rotatable bonds is 4. The van der Waals surface area contributed by atoms with E-state index < -0.39 is 17.8 Å². The van der Waals surface area contributed by atoms with E-state index in [2.05, 4.69) is 0 Å². The van der Waals surface area contributed by atoms with Crippen LogP contribution < -0.4 is 0 Å². The van der Waals surface area contributed by atoms with Gasteiger partial charge in [-0.1, -0.05) is 47.5 Å². The molecule has 120 valence electrons. The molecule has 1 saturated carbocycles. The number of hydroxylamine groups is 2. The van der Waals surface area contributed by atoms with E-state index >= 15 is 0 Å². The van der Waals surface area contributed by atoms with Crippen molar-refractivity contribution in [2.45, 2.75) is 12.8 Å². The minimum atomic E-state index is -0.579. The number of hydrogen-bond acceptors (Lipinski definition) is 4. The fourth-order valence-corrected chi connectivity index (χ4v) is 3.09. The zero-order valence-corrected chi connectivity index (χ0v) is 12.8. The standard InChI is InChI=1S/C19H15NO4/c21-17-14-8-4-5-9-15(14)18(22)20(17)24-19(23)16-11-13(16)10-12-6-2-1-3-7-12/h1-9,13,16H,10-11H2. The van der Waals surface area contributed by atoms with Crippen LogP contribution in [0.1, 0.15) is 32.7 Å². The van der Waals surface area contributed by atoms with Gasteiger partial charge < -0.3 is 4.84 Å². The van der Waals surface area contributed by atoms with Crippen LogP contribution in [0.25, 0.3) is 0 Å². The van der Waals surface area contributed by atoms with Crippen molar-refractivity contribution >= 4 is 17.8 Å². The number of imide groups is 1. The minimum absolute atomic E-state index is 0.204. The molecule has 0 N–H and O–H groups in total. The van der Waals surface area contributed by atoms with E-state index in [0.29, 0.717) is 5.06 Å². The first-order chi connectivity index (χ1) is 11.6. The van der Waals surface area contributed by atoms with Gasteiger partial charge in [-0.2, -0.15) is 0 Å². The first-order valence-electron chi connectivity index (χ1n) is 7.88. The molecule has 1 aliphatic heterocycles. The van der Waals surface area contributed by atoms with Gasteiger partial charge in [-0.05, 0) is 36.5 Å². The highest BCUT2D eigenvalue weighted by Crippen LogP contribution is 2.42. The highest BCUT2D eigenvalue weighted by Gasteiger charge is 2.47. The number of nitrogens with zero attached hydrogens (tertiary/aromatic N) is 1. The summed E-state index contributed by atoms with van der Waals surface area (Å²) in [6.45, 7) is 0. The van der Waals surface area contributed by atoms with Crippen LogP contribution in [0, 0.1) is 11.8 Å². The molecule has 0 saturated heterocycles. The molecule has 2 unspecified atom stereocenters. The van der Waals surface area contributed by atoms with Gasteiger partial charge in [0.05, 0.1) is 17.0 Å². The molecule has 5 heteroatoms. The van der Waals surface area contributed by atoms with Crippen LogP contribution >= 0.6 is 0 Å². The Labute approximate surface area is 138 Å². The van der Waals surface area contributed by atoms with Crippen LogP contribution in [-0.2, 0) is 16.1 Å². The summed E-state index contributed by atoms with van der Waals surface area (Å²) >= 11 is 0. The molecule has 1 heterocycles. The van der Waals surface area contributed by atoms with Gasteiger partial charge in [0, 0.05) is 0 Å². The average molecular weight is 321 g/mol. The molecule has 1 fully saturated rings. The summed E-state index contributed by atoms with van der Waals surface area (Å²) in [5.74, 6) is -1.72. The lowest BCUT2D eigenvalue weighted by Gasteiger charge is -2.12. The van der Waals surface area contributed by atoms with Gasteiger partial charge in [0.15, 0.2) is 0 Å². The fourth-order valence-electron chi connectivity index (χ4n) is 3.09.